The Balaban J connectivity index is 2.43. The fourth-order valence-electron chi connectivity index (χ4n) is 2.14. The van der Waals surface area contributed by atoms with Crippen molar-refractivity contribution in [1.29, 1.82) is 0 Å². The molecule has 0 bridgehead atoms. The van der Waals surface area contributed by atoms with Crippen LogP contribution in [0.25, 0.3) is 11.1 Å². The number of ether oxygens (including phenoxy) is 1. The first-order chi connectivity index (χ1) is 8.86. The van der Waals surface area contributed by atoms with E-state index in [2.05, 4.69) is 18.2 Å². The van der Waals surface area contributed by atoms with Crippen molar-refractivity contribution < 1.29 is 9.84 Å². The van der Waals surface area contributed by atoms with Crippen LogP contribution in [0.4, 0.5) is 0 Å². The molecule has 2 heteroatoms. The maximum atomic E-state index is 8.97. The molecule has 1 N–H and O–H groups in total. The minimum Gasteiger partial charge on any atom is -0.496 e. The summed E-state index contributed by atoms with van der Waals surface area (Å²) in [5, 5.41) is 8.97. The third-order valence-corrected chi connectivity index (χ3v) is 3.02. The van der Waals surface area contributed by atoms with Gasteiger partial charge in [0, 0.05) is 12.2 Å². The lowest BCUT2D eigenvalue weighted by Crippen LogP contribution is -1.94. The second-order valence-electron chi connectivity index (χ2n) is 4.18. The molecule has 0 aliphatic carbocycles. The lowest BCUT2D eigenvalue weighted by molar-refractivity contribution is 0.288. The van der Waals surface area contributed by atoms with Crippen LogP contribution in [-0.2, 0) is 6.42 Å². The Morgan fingerprint density at radius 1 is 0.944 bits per heavy atom. The van der Waals surface area contributed by atoms with Gasteiger partial charge in [-0.15, -0.1) is 0 Å². The largest absolute Gasteiger partial charge is 0.496 e. The summed E-state index contributed by atoms with van der Waals surface area (Å²) in [5.74, 6) is 0.883. The fourth-order valence-corrected chi connectivity index (χ4v) is 2.14. The summed E-state index contributed by atoms with van der Waals surface area (Å²) in [5.41, 5.74) is 3.54. The molecule has 0 heterocycles. The van der Waals surface area contributed by atoms with Crippen molar-refractivity contribution in [2.45, 2.75) is 12.8 Å². The molecular weight excluding hydrogens is 224 g/mol. The van der Waals surface area contributed by atoms with Crippen LogP contribution in [0.3, 0.4) is 0 Å². The average molecular weight is 242 g/mol. The highest BCUT2D eigenvalue weighted by atomic mass is 16.5. The molecule has 2 nitrogen and oxygen atoms in total. The molecule has 0 radical (unpaired) electrons. The van der Waals surface area contributed by atoms with Gasteiger partial charge in [0.15, 0.2) is 0 Å². The summed E-state index contributed by atoms with van der Waals surface area (Å²) in [7, 11) is 1.69. The zero-order valence-corrected chi connectivity index (χ0v) is 10.6. The van der Waals surface area contributed by atoms with E-state index >= 15 is 0 Å². The molecule has 0 spiro atoms. The van der Waals surface area contributed by atoms with Gasteiger partial charge in [-0.1, -0.05) is 42.5 Å². The Labute approximate surface area is 108 Å². The summed E-state index contributed by atoms with van der Waals surface area (Å²) in [6, 6.07) is 16.3. The van der Waals surface area contributed by atoms with E-state index in [1.54, 1.807) is 7.11 Å². The van der Waals surface area contributed by atoms with Crippen LogP contribution in [-0.4, -0.2) is 18.8 Å². The van der Waals surface area contributed by atoms with E-state index in [1.165, 1.54) is 11.1 Å². The van der Waals surface area contributed by atoms with E-state index in [4.69, 9.17) is 9.84 Å². The molecule has 0 fully saturated rings. The van der Waals surface area contributed by atoms with Crippen LogP contribution >= 0.6 is 0 Å². The van der Waals surface area contributed by atoms with Gasteiger partial charge in [-0.25, -0.2) is 0 Å². The predicted molar refractivity (Wildman–Crippen MR) is 73.8 cm³/mol. The molecule has 0 amide bonds. The second-order valence-corrected chi connectivity index (χ2v) is 4.18. The van der Waals surface area contributed by atoms with Gasteiger partial charge in [0.05, 0.1) is 7.11 Å². The van der Waals surface area contributed by atoms with E-state index in [1.807, 2.05) is 30.3 Å². The zero-order chi connectivity index (χ0) is 12.8. The van der Waals surface area contributed by atoms with Gasteiger partial charge in [0.1, 0.15) is 5.75 Å². The van der Waals surface area contributed by atoms with Gasteiger partial charge in [0.2, 0.25) is 0 Å². The SMILES string of the molecule is COc1ccccc1-c1ccccc1CCCO. The highest BCUT2D eigenvalue weighted by Gasteiger charge is 2.08. The first kappa shape index (κ1) is 12.7. The third-order valence-electron chi connectivity index (χ3n) is 3.02. The van der Waals surface area contributed by atoms with Crippen molar-refractivity contribution in [3.63, 3.8) is 0 Å². The lowest BCUT2D eigenvalue weighted by Gasteiger charge is -2.12. The Kier molecular flexibility index (Phi) is 4.37. The first-order valence-electron chi connectivity index (χ1n) is 6.19. The van der Waals surface area contributed by atoms with Gasteiger partial charge >= 0.3 is 0 Å². The minimum atomic E-state index is 0.222. The zero-order valence-electron chi connectivity index (χ0n) is 10.6. The van der Waals surface area contributed by atoms with Crippen LogP contribution < -0.4 is 4.74 Å². The van der Waals surface area contributed by atoms with Crippen LogP contribution in [0.2, 0.25) is 0 Å². The standard InChI is InChI=1S/C16H18O2/c1-18-16-11-5-4-10-15(16)14-9-3-2-7-13(14)8-6-12-17/h2-5,7,9-11,17H,6,8,12H2,1H3. The number of aryl methyl sites for hydroxylation is 1. The monoisotopic (exact) mass is 242 g/mol. The molecule has 2 rings (SSSR count). The Morgan fingerprint density at radius 2 is 1.61 bits per heavy atom. The van der Waals surface area contributed by atoms with E-state index < -0.39 is 0 Å². The van der Waals surface area contributed by atoms with Gasteiger partial charge < -0.3 is 9.84 Å². The summed E-state index contributed by atoms with van der Waals surface area (Å²) in [6.45, 7) is 0.222. The van der Waals surface area contributed by atoms with Crippen molar-refractivity contribution in [3.8, 4) is 16.9 Å². The molecule has 2 aromatic carbocycles. The summed E-state index contributed by atoms with van der Waals surface area (Å²) >= 11 is 0. The van der Waals surface area contributed by atoms with Crippen molar-refractivity contribution in [2.75, 3.05) is 13.7 Å². The molecule has 0 unspecified atom stereocenters. The van der Waals surface area contributed by atoms with Crippen molar-refractivity contribution in [3.05, 3.63) is 54.1 Å². The number of methoxy groups -OCH3 is 1. The fraction of sp³-hybridized carbons (Fsp3) is 0.250. The smallest absolute Gasteiger partial charge is 0.126 e. The Bertz CT molecular complexity index is 506. The maximum absolute atomic E-state index is 8.97. The number of aliphatic hydroxyl groups excluding tert-OH is 1. The molecule has 0 saturated heterocycles. The van der Waals surface area contributed by atoms with Crippen molar-refractivity contribution in [2.24, 2.45) is 0 Å². The number of aliphatic hydroxyl groups is 1. The average Bonchev–Trinajstić information content (AvgIpc) is 2.45. The highest BCUT2D eigenvalue weighted by molar-refractivity contribution is 5.73. The second kappa shape index (κ2) is 6.22. The van der Waals surface area contributed by atoms with Crippen molar-refractivity contribution in [1.82, 2.24) is 0 Å². The molecule has 0 atom stereocenters. The lowest BCUT2D eigenvalue weighted by atomic mass is 9.96. The van der Waals surface area contributed by atoms with Crippen LogP contribution in [0.5, 0.6) is 5.75 Å². The number of hydrogen-bond donors (Lipinski definition) is 1. The van der Waals surface area contributed by atoms with Crippen LogP contribution in [0, 0.1) is 0 Å². The summed E-state index contributed by atoms with van der Waals surface area (Å²) in [6.07, 6.45) is 1.66. The minimum absolute atomic E-state index is 0.222. The number of hydrogen-bond acceptors (Lipinski definition) is 2. The molecular formula is C16H18O2. The normalized spacial score (nSPS) is 10.3. The Morgan fingerprint density at radius 3 is 2.33 bits per heavy atom. The molecule has 0 saturated carbocycles. The topological polar surface area (TPSA) is 29.5 Å². The summed E-state index contributed by atoms with van der Waals surface area (Å²) in [4.78, 5) is 0. The third kappa shape index (κ3) is 2.71. The van der Waals surface area contributed by atoms with Gasteiger partial charge in [0.25, 0.3) is 0 Å². The molecule has 2 aromatic rings. The highest BCUT2D eigenvalue weighted by Crippen LogP contribution is 2.32. The van der Waals surface area contributed by atoms with E-state index in [9.17, 15) is 0 Å². The maximum Gasteiger partial charge on any atom is 0.126 e. The van der Waals surface area contributed by atoms with Gasteiger partial charge in [-0.3, -0.25) is 0 Å². The van der Waals surface area contributed by atoms with Crippen LogP contribution in [0.1, 0.15) is 12.0 Å². The first-order valence-corrected chi connectivity index (χ1v) is 6.19. The number of para-hydroxylation sites is 1. The predicted octanol–water partition coefficient (Wildman–Crippen LogP) is 3.29. The molecule has 0 aromatic heterocycles. The molecule has 18 heavy (non-hydrogen) atoms. The summed E-state index contributed by atoms with van der Waals surface area (Å²) < 4.78 is 5.41. The van der Waals surface area contributed by atoms with E-state index in [0.29, 0.717) is 0 Å². The molecule has 0 aliphatic rings. The Hall–Kier alpha value is -1.80. The van der Waals surface area contributed by atoms with Gasteiger partial charge in [-0.05, 0) is 30.0 Å². The van der Waals surface area contributed by atoms with E-state index in [-0.39, 0.29) is 6.61 Å². The number of benzene rings is 2. The van der Waals surface area contributed by atoms with Crippen molar-refractivity contribution >= 4 is 0 Å². The van der Waals surface area contributed by atoms with Crippen LogP contribution in [0.15, 0.2) is 48.5 Å². The van der Waals surface area contributed by atoms with E-state index in [0.717, 1.165) is 24.2 Å². The molecule has 0 aliphatic heterocycles. The molecule has 94 valence electrons. The quantitative estimate of drug-likeness (QED) is 0.871. The van der Waals surface area contributed by atoms with Gasteiger partial charge in [-0.2, -0.15) is 0 Å². The number of rotatable bonds is 5.